The molecule has 0 unspecified atom stereocenters. The largest absolute Gasteiger partial charge is 0.481 e. The van der Waals surface area contributed by atoms with Crippen LogP contribution in [0.4, 0.5) is 0 Å². The third-order valence-electron chi connectivity index (χ3n) is 4.45. The number of aryl methyl sites for hydroxylation is 1. The number of pyridine rings is 1. The smallest absolute Gasteiger partial charge is 0.274 e. The van der Waals surface area contributed by atoms with Crippen LogP contribution in [0.15, 0.2) is 68.8 Å². The van der Waals surface area contributed by atoms with E-state index in [1.165, 1.54) is 47.5 Å². The summed E-state index contributed by atoms with van der Waals surface area (Å²) in [5.74, 6) is 0.488. The van der Waals surface area contributed by atoms with Gasteiger partial charge in [-0.2, -0.15) is 5.10 Å². The highest BCUT2D eigenvalue weighted by Crippen LogP contribution is 2.28. The minimum absolute atomic E-state index is 0.144. The number of hydrogen-bond donors (Lipinski definition) is 0. The molecule has 0 bridgehead atoms. The fourth-order valence-electron chi connectivity index (χ4n) is 2.92. The van der Waals surface area contributed by atoms with Crippen LogP contribution in [0.25, 0.3) is 10.8 Å². The lowest BCUT2D eigenvalue weighted by Gasteiger charge is -2.08. The number of thiophene rings is 1. The molecule has 0 radical (unpaired) electrons. The molecule has 1 aromatic carbocycles. The van der Waals surface area contributed by atoms with Gasteiger partial charge in [0.15, 0.2) is 0 Å². The van der Waals surface area contributed by atoms with Gasteiger partial charge in [0.25, 0.3) is 5.56 Å². The molecule has 4 aromatic rings. The number of sulfone groups is 1. The minimum Gasteiger partial charge on any atom is -0.481 e. The summed E-state index contributed by atoms with van der Waals surface area (Å²) in [7, 11) is -2.09. The maximum atomic E-state index is 12.8. The van der Waals surface area contributed by atoms with Gasteiger partial charge in [-0.05, 0) is 42.8 Å². The Kier molecular flexibility index (Phi) is 4.93. The van der Waals surface area contributed by atoms with Crippen molar-refractivity contribution in [3.8, 4) is 5.88 Å². The molecule has 3 aromatic heterocycles. The van der Waals surface area contributed by atoms with Gasteiger partial charge >= 0.3 is 0 Å². The van der Waals surface area contributed by atoms with Crippen molar-refractivity contribution in [2.75, 3.05) is 7.11 Å². The predicted octanol–water partition coefficient (Wildman–Crippen LogP) is 3.05. The molecule has 7 nitrogen and oxygen atoms in total. The summed E-state index contributed by atoms with van der Waals surface area (Å²) in [6.07, 6.45) is 3.13. The molecule has 0 spiro atoms. The Morgan fingerprint density at radius 2 is 1.93 bits per heavy atom. The molecule has 0 fully saturated rings. The number of methoxy groups -OCH3 is 1. The minimum atomic E-state index is -3.63. The second kappa shape index (κ2) is 7.41. The van der Waals surface area contributed by atoms with Gasteiger partial charge < -0.3 is 4.74 Å². The van der Waals surface area contributed by atoms with Crippen LogP contribution in [0.3, 0.4) is 0 Å². The molecular weight excluding hydrogens is 410 g/mol. The summed E-state index contributed by atoms with van der Waals surface area (Å²) in [5.41, 5.74) is 0.501. The van der Waals surface area contributed by atoms with E-state index in [0.29, 0.717) is 16.7 Å². The quantitative estimate of drug-likeness (QED) is 0.486. The SMILES string of the molecule is COc1ccc(Cn2ncc3cc(S(=O)(=O)c4ccc(C)s4)ccc3c2=O)cn1. The molecule has 0 aliphatic rings. The first kappa shape index (κ1) is 19.3. The van der Waals surface area contributed by atoms with Gasteiger partial charge in [-0.3, -0.25) is 4.79 Å². The van der Waals surface area contributed by atoms with Gasteiger partial charge in [0, 0.05) is 22.5 Å². The summed E-state index contributed by atoms with van der Waals surface area (Å²) < 4.78 is 32.3. The van der Waals surface area contributed by atoms with Crippen molar-refractivity contribution in [2.45, 2.75) is 22.6 Å². The Balaban J connectivity index is 1.70. The lowest BCUT2D eigenvalue weighted by Crippen LogP contribution is -2.23. The molecular formula is C20H17N3O4S2. The monoisotopic (exact) mass is 427 g/mol. The Morgan fingerprint density at radius 1 is 1.10 bits per heavy atom. The zero-order chi connectivity index (χ0) is 20.6. The lowest BCUT2D eigenvalue weighted by atomic mass is 10.2. The molecule has 0 aliphatic carbocycles. The standard InChI is InChI=1S/C20H17N3O4S2/c1-13-3-8-19(28-13)29(25,26)16-5-6-17-15(9-16)11-22-23(20(17)24)12-14-4-7-18(27-2)21-10-14/h3-11H,12H2,1-2H3. The van der Waals surface area contributed by atoms with E-state index in [4.69, 9.17) is 4.74 Å². The third kappa shape index (κ3) is 3.66. The zero-order valence-electron chi connectivity index (χ0n) is 15.7. The average molecular weight is 428 g/mol. The molecule has 0 aliphatic heterocycles. The normalized spacial score (nSPS) is 11.7. The first-order valence-corrected chi connectivity index (χ1v) is 11.0. The van der Waals surface area contributed by atoms with Crippen molar-refractivity contribution in [3.63, 3.8) is 0 Å². The van der Waals surface area contributed by atoms with Crippen LogP contribution in [-0.4, -0.2) is 30.3 Å². The van der Waals surface area contributed by atoms with Crippen LogP contribution in [0.2, 0.25) is 0 Å². The van der Waals surface area contributed by atoms with Gasteiger partial charge in [0.1, 0.15) is 4.21 Å². The summed E-state index contributed by atoms with van der Waals surface area (Å²) >= 11 is 1.22. The maximum absolute atomic E-state index is 12.8. The Morgan fingerprint density at radius 3 is 2.59 bits per heavy atom. The van der Waals surface area contributed by atoms with E-state index in [1.807, 2.05) is 13.0 Å². The summed E-state index contributed by atoms with van der Waals surface area (Å²) in [5, 5.41) is 5.08. The second-order valence-corrected chi connectivity index (χ2v) is 9.90. The van der Waals surface area contributed by atoms with Crippen LogP contribution >= 0.6 is 11.3 Å². The highest BCUT2D eigenvalue weighted by molar-refractivity contribution is 7.93. The summed E-state index contributed by atoms with van der Waals surface area (Å²) in [6.45, 7) is 2.11. The Hall–Kier alpha value is -3.04. The van der Waals surface area contributed by atoms with E-state index in [2.05, 4.69) is 10.1 Å². The van der Waals surface area contributed by atoms with E-state index >= 15 is 0 Å². The molecule has 0 saturated carbocycles. The number of hydrogen-bond acceptors (Lipinski definition) is 7. The first-order valence-electron chi connectivity index (χ1n) is 8.69. The molecule has 4 rings (SSSR count). The van der Waals surface area contributed by atoms with Gasteiger partial charge in [-0.15, -0.1) is 11.3 Å². The fourth-order valence-corrected chi connectivity index (χ4v) is 5.64. The number of nitrogens with zero attached hydrogens (tertiary/aromatic N) is 3. The van der Waals surface area contributed by atoms with E-state index in [-0.39, 0.29) is 21.2 Å². The molecule has 148 valence electrons. The third-order valence-corrected chi connectivity index (χ3v) is 7.70. The summed E-state index contributed by atoms with van der Waals surface area (Å²) in [6, 6.07) is 11.4. The van der Waals surface area contributed by atoms with Crippen LogP contribution in [-0.2, 0) is 16.4 Å². The van der Waals surface area contributed by atoms with Crippen molar-refractivity contribution in [1.82, 2.24) is 14.8 Å². The molecule has 9 heteroatoms. The van der Waals surface area contributed by atoms with Crippen LogP contribution in [0.1, 0.15) is 10.4 Å². The number of ether oxygens (including phenoxy) is 1. The van der Waals surface area contributed by atoms with Crippen molar-refractivity contribution in [3.05, 3.63) is 75.7 Å². The highest BCUT2D eigenvalue weighted by atomic mass is 32.2. The second-order valence-electron chi connectivity index (χ2n) is 6.43. The highest BCUT2D eigenvalue weighted by Gasteiger charge is 2.20. The van der Waals surface area contributed by atoms with Crippen LogP contribution < -0.4 is 10.3 Å². The van der Waals surface area contributed by atoms with Gasteiger partial charge in [-0.1, -0.05) is 6.07 Å². The van der Waals surface area contributed by atoms with E-state index in [1.54, 1.807) is 24.4 Å². The first-order chi connectivity index (χ1) is 13.9. The van der Waals surface area contributed by atoms with Crippen molar-refractivity contribution >= 4 is 31.9 Å². The Bertz CT molecular complexity index is 1360. The Labute approximate surface area is 171 Å². The van der Waals surface area contributed by atoms with Crippen molar-refractivity contribution in [1.29, 1.82) is 0 Å². The maximum Gasteiger partial charge on any atom is 0.274 e. The molecule has 29 heavy (non-hydrogen) atoms. The molecule has 3 heterocycles. The van der Waals surface area contributed by atoms with Crippen LogP contribution in [0.5, 0.6) is 5.88 Å². The van der Waals surface area contributed by atoms with E-state index in [0.717, 1.165) is 10.4 Å². The zero-order valence-corrected chi connectivity index (χ0v) is 17.3. The molecule has 0 N–H and O–H groups in total. The van der Waals surface area contributed by atoms with Crippen molar-refractivity contribution in [2.24, 2.45) is 0 Å². The number of aromatic nitrogens is 3. The predicted molar refractivity (Wildman–Crippen MR) is 110 cm³/mol. The van der Waals surface area contributed by atoms with Crippen LogP contribution in [0, 0.1) is 6.92 Å². The number of benzene rings is 1. The molecule has 0 atom stereocenters. The summed E-state index contributed by atoms with van der Waals surface area (Å²) in [4.78, 5) is 18.0. The van der Waals surface area contributed by atoms with E-state index in [9.17, 15) is 13.2 Å². The molecule has 0 saturated heterocycles. The van der Waals surface area contributed by atoms with Crippen molar-refractivity contribution < 1.29 is 13.2 Å². The number of rotatable bonds is 5. The average Bonchev–Trinajstić information content (AvgIpc) is 3.17. The van der Waals surface area contributed by atoms with Gasteiger partial charge in [0.05, 0.1) is 30.1 Å². The molecule has 0 amide bonds. The van der Waals surface area contributed by atoms with Gasteiger partial charge in [-0.25, -0.2) is 18.1 Å². The van der Waals surface area contributed by atoms with E-state index < -0.39 is 9.84 Å². The van der Waals surface area contributed by atoms with Gasteiger partial charge in [0.2, 0.25) is 15.7 Å². The fraction of sp³-hybridized carbons (Fsp3) is 0.150. The lowest BCUT2D eigenvalue weighted by molar-refractivity contribution is 0.397. The number of fused-ring (bicyclic) bond motifs is 1. The topological polar surface area (TPSA) is 91.2 Å².